The zero-order valence-electron chi connectivity index (χ0n) is 21.1. The summed E-state index contributed by atoms with van der Waals surface area (Å²) in [5.41, 5.74) is 5.35. The molecule has 3 aromatic rings. The molecular formula is C31H30FNO3. The molecule has 4 nitrogen and oxygen atoms in total. The molecule has 1 aliphatic carbocycles. The highest BCUT2D eigenvalue weighted by Crippen LogP contribution is 2.55. The molecule has 5 heteroatoms. The van der Waals surface area contributed by atoms with Crippen LogP contribution in [0.1, 0.15) is 55.9 Å². The van der Waals surface area contributed by atoms with E-state index in [1.807, 2.05) is 49.4 Å². The molecule has 0 N–H and O–H groups in total. The normalized spacial score (nSPS) is 20.2. The van der Waals surface area contributed by atoms with E-state index in [2.05, 4.69) is 26.0 Å². The Labute approximate surface area is 211 Å². The Kier molecular flexibility index (Phi) is 6.03. The largest absolute Gasteiger partial charge is 0.494 e. The van der Waals surface area contributed by atoms with Gasteiger partial charge in [0.2, 0.25) is 0 Å². The van der Waals surface area contributed by atoms with E-state index >= 15 is 0 Å². The van der Waals surface area contributed by atoms with Crippen LogP contribution >= 0.6 is 0 Å². The van der Waals surface area contributed by atoms with Gasteiger partial charge in [0, 0.05) is 23.1 Å². The van der Waals surface area contributed by atoms with Crippen molar-refractivity contribution in [2.24, 2.45) is 10.4 Å². The van der Waals surface area contributed by atoms with Crippen molar-refractivity contribution in [3.8, 4) is 5.75 Å². The summed E-state index contributed by atoms with van der Waals surface area (Å²) in [6.45, 7) is 6.43. The van der Waals surface area contributed by atoms with Gasteiger partial charge in [0.15, 0.2) is 11.6 Å². The summed E-state index contributed by atoms with van der Waals surface area (Å²) in [6.07, 6.45) is 1.13. The third kappa shape index (κ3) is 3.93. The molecule has 1 unspecified atom stereocenters. The van der Waals surface area contributed by atoms with Crippen molar-refractivity contribution in [2.75, 3.05) is 13.7 Å². The Bertz CT molecular complexity index is 1390. The molecule has 184 valence electrons. The molecule has 0 bridgehead atoms. The first-order valence-corrected chi connectivity index (χ1v) is 12.3. The Morgan fingerprint density at radius 1 is 1.00 bits per heavy atom. The SMILES string of the molecule is CCOC(=O)C1=C(c2ccccc2)c2ccccc2C2(C1)CC(C)(C)C(c1ccc(F)c(OC)c1)=N2. The Morgan fingerprint density at radius 2 is 1.72 bits per heavy atom. The number of carbonyl (C=O) groups excluding carboxylic acids is 1. The van der Waals surface area contributed by atoms with Crippen molar-refractivity contribution >= 4 is 17.3 Å². The number of hydrogen-bond donors (Lipinski definition) is 0. The third-order valence-corrected chi connectivity index (χ3v) is 7.18. The lowest BCUT2D eigenvalue weighted by atomic mass is 9.67. The van der Waals surface area contributed by atoms with Gasteiger partial charge in [-0.15, -0.1) is 0 Å². The van der Waals surface area contributed by atoms with Gasteiger partial charge in [-0.3, -0.25) is 4.99 Å². The summed E-state index contributed by atoms with van der Waals surface area (Å²) < 4.78 is 25.0. The van der Waals surface area contributed by atoms with Gasteiger partial charge in [0.05, 0.1) is 19.3 Å². The second-order valence-corrected chi connectivity index (χ2v) is 10.1. The van der Waals surface area contributed by atoms with Crippen LogP contribution in [0.3, 0.4) is 0 Å². The number of halogens is 1. The number of fused-ring (bicyclic) bond motifs is 2. The number of rotatable bonds is 5. The molecule has 0 aromatic heterocycles. The molecule has 5 rings (SSSR count). The predicted octanol–water partition coefficient (Wildman–Crippen LogP) is 6.72. The maximum Gasteiger partial charge on any atom is 0.334 e. The van der Waals surface area contributed by atoms with E-state index in [4.69, 9.17) is 14.5 Å². The number of carbonyl (C=O) groups is 1. The minimum absolute atomic E-state index is 0.189. The second-order valence-electron chi connectivity index (χ2n) is 10.1. The van der Waals surface area contributed by atoms with E-state index in [0.29, 0.717) is 25.0 Å². The number of benzene rings is 3. The van der Waals surface area contributed by atoms with E-state index in [-0.39, 0.29) is 17.1 Å². The van der Waals surface area contributed by atoms with E-state index in [0.717, 1.165) is 33.5 Å². The smallest absolute Gasteiger partial charge is 0.334 e. The van der Waals surface area contributed by atoms with Crippen LogP contribution in [0, 0.1) is 11.2 Å². The van der Waals surface area contributed by atoms with Crippen LogP contribution in [0.4, 0.5) is 4.39 Å². The molecule has 1 heterocycles. The molecule has 0 saturated heterocycles. The van der Waals surface area contributed by atoms with Gasteiger partial charge in [-0.1, -0.05) is 68.4 Å². The Morgan fingerprint density at radius 3 is 2.44 bits per heavy atom. The Hall–Kier alpha value is -3.73. The summed E-state index contributed by atoms with van der Waals surface area (Å²) in [5.74, 6) is -0.528. The van der Waals surface area contributed by atoms with Crippen molar-refractivity contribution in [1.82, 2.24) is 0 Å². The van der Waals surface area contributed by atoms with Crippen molar-refractivity contribution in [3.63, 3.8) is 0 Å². The molecule has 36 heavy (non-hydrogen) atoms. The zero-order valence-corrected chi connectivity index (χ0v) is 21.1. The van der Waals surface area contributed by atoms with Crippen LogP contribution < -0.4 is 4.74 Å². The van der Waals surface area contributed by atoms with Crippen molar-refractivity contribution in [2.45, 2.75) is 39.2 Å². The van der Waals surface area contributed by atoms with Crippen molar-refractivity contribution < 1.29 is 18.7 Å². The molecule has 1 spiro atoms. The first kappa shape index (κ1) is 24.0. The molecule has 0 radical (unpaired) electrons. The molecule has 0 fully saturated rings. The van der Waals surface area contributed by atoms with Crippen LogP contribution in [-0.4, -0.2) is 25.4 Å². The number of methoxy groups -OCH3 is 1. The highest BCUT2D eigenvalue weighted by molar-refractivity contribution is 6.08. The standard InChI is InChI=1S/C31H30FNO3/c1-5-36-29(34)23-18-31(24-14-10-9-13-22(24)27(23)20-11-7-6-8-12-20)19-30(2,3)28(33-31)21-15-16-25(32)26(17-21)35-4/h6-17H,5,18-19H2,1-4H3. The topological polar surface area (TPSA) is 47.9 Å². The molecule has 2 aliphatic rings. The van der Waals surface area contributed by atoms with Crippen molar-refractivity contribution in [1.29, 1.82) is 0 Å². The van der Waals surface area contributed by atoms with Gasteiger partial charge < -0.3 is 9.47 Å². The molecule has 0 amide bonds. The number of nitrogens with zero attached hydrogens (tertiary/aromatic N) is 1. The van der Waals surface area contributed by atoms with Gasteiger partial charge in [-0.25, -0.2) is 9.18 Å². The fourth-order valence-corrected chi connectivity index (χ4v) is 5.81. The number of ether oxygens (including phenoxy) is 2. The monoisotopic (exact) mass is 483 g/mol. The summed E-state index contributed by atoms with van der Waals surface area (Å²) in [7, 11) is 1.46. The van der Waals surface area contributed by atoms with Crippen LogP contribution in [0.2, 0.25) is 0 Å². The molecular weight excluding hydrogens is 453 g/mol. The number of aliphatic imine (C=N–C) groups is 1. The highest BCUT2D eigenvalue weighted by Gasteiger charge is 2.51. The Balaban J connectivity index is 1.74. The van der Waals surface area contributed by atoms with Gasteiger partial charge in [0.25, 0.3) is 0 Å². The fourth-order valence-electron chi connectivity index (χ4n) is 5.81. The molecule has 0 saturated carbocycles. The lowest BCUT2D eigenvalue weighted by molar-refractivity contribution is -0.138. The lowest BCUT2D eigenvalue weighted by Crippen LogP contribution is -2.32. The first-order valence-electron chi connectivity index (χ1n) is 12.3. The highest BCUT2D eigenvalue weighted by atomic mass is 19.1. The van der Waals surface area contributed by atoms with E-state index in [9.17, 15) is 9.18 Å². The minimum Gasteiger partial charge on any atom is -0.494 e. The van der Waals surface area contributed by atoms with Crippen molar-refractivity contribution in [3.05, 3.63) is 106 Å². The molecule has 1 atom stereocenters. The number of hydrogen-bond acceptors (Lipinski definition) is 4. The second kappa shape index (κ2) is 9.05. The summed E-state index contributed by atoms with van der Waals surface area (Å²) in [6, 6.07) is 23.1. The predicted molar refractivity (Wildman–Crippen MR) is 140 cm³/mol. The van der Waals surface area contributed by atoms with Crippen LogP contribution in [0.5, 0.6) is 5.75 Å². The summed E-state index contributed by atoms with van der Waals surface area (Å²) in [5, 5.41) is 0. The van der Waals surface area contributed by atoms with Gasteiger partial charge in [0.1, 0.15) is 0 Å². The van der Waals surface area contributed by atoms with E-state index in [1.54, 1.807) is 12.1 Å². The first-order chi connectivity index (χ1) is 17.3. The average molecular weight is 484 g/mol. The fraction of sp³-hybridized carbons (Fsp3) is 0.290. The van der Waals surface area contributed by atoms with Gasteiger partial charge in [-0.05, 0) is 59.4 Å². The van der Waals surface area contributed by atoms with Crippen LogP contribution in [0.15, 0.2) is 83.4 Å². The third-order valence-electron chi connectivity index (χ3n) is 7.18. The summed E-state index contributed by atoms with van der Waals surface area (Å²) >= 11 is 0. The van der Waals surface area contributed by atoms with Crippen LogP contribution in [0.25, 0.3) is 5.57 Å². The lowest BCUT2D eigenvalue weighted by Gasteiger charge is -2.37. The quantitative estimate of drug-likeness (QED) is 0.379. The molecule has 3 aromatic carbocycles. The van der Waals surface area contributed by atoms with Crippen LogP contribution in [-0.2, 0) is 15.1 Å². The average Bonchev–Trinajstić information content (AvgIpc) is 3.15. The maximum atomic E-state index is 14.2. The summed E-state index contributed by atoms with van der Waals surface area (Å²) in [4.78, 5) is 18.7. The molecule has 1 aliphatic heterocycles. The minimum atomic E-state index is -0.641. The zero-order chi connectivity index (χ0) is 25.5. The number of esters is 1. The van der Waals surface area contributed by atoms with Gasteiger partial charge >= 0.3 is 5.97 Å². The van der Waals surface area contributed by atoms with Gasteiger partial charge in [-0.2, -0.15) is 0 Å². The van der Waals surface area contributed by atoms with E-state index in [1.165, 1.54) is 13.2 Å². The maximum absolute atomic E-state index is 14.2. The van der Waals surface area contributed by atoms with E-state index < -0.39 is 11.4 Å².